The topological polar surface area (TPSA) is 88.4 Å². The Hall–Kier alpha value is -3.00. The van der Waals surface area contributed by atoms with Crippen LogP contribution in [0.5, 0.6) is 0 Å². The first kappa shape index (κ1) is 20.3. The summed E-state index contributed by atoms with van der Waals surface area (Å²) in [6.45, 7) is 3.02. The number of ether oxygens (including phenoxy) is 1. The highest BCUT2D eigenvalue weighted by molar-refractivity contribution is 7.91. The van der Waals surface area contributed by atoms with Crippen LogP contribution in [0.1, 0.15) is 0 Å². The molecule has 0 spiro atoms. The van der Waals surface area contributed by atoms with Crippen LogP contribution in [0.3, 0.4) is 0 Å². The van der Waals surface area contributed by atoms with E-state index in [0.29, 0.717) is 11.4 Å². The highest BCUT2D eigenvalue weighted by Crippen LogP contribution is 2.22. The van der Waals surface area contributed by atoms with Gasteiger partial charge in [0.05, 0.1) is 22.0 Å². The van der Waals surface area contributed by atoms with Gasteiger partial charge in [-0.3, -0.25) is 0 Å². The van der Waals surface area contributed by atoms with E-state index in [2.05, 4.69) is 16.8 Å². The van der Waals surface area contributed by atoms with E-state index in [1.165, 1.54) is 12.1 Å². The van der Waals surface area contributed by atoms with Gasteiger partial charge < -0.3 is 9.64 Å². The predicted octanol–water partition coefficient (Wildman–Crippen LogP) is 3.67. The molecule has 0 aliphatic rings. The quantitative estimate of drug-likeness (QED) is 0.392. The van der Waals surface area contributed by atoms with Crippen molar-refractivity contribution in [1.82, 2.24) is 0 Å². The second-order valence-electron chi connectivity index (χ2n) is 5.80. The smallest absolute Gasteiger partial charge is 0.330 e. The third kappa shape index (κ3) is 6.03. The first-order valence-electron chi connectivity index (χ1n) is 8.13. The minimum Gasteiger partial charge on any atom is -0.461 e. The van der Waals surface area contributed by atoms with Crippen LogP contribution in [0.2, 0.25) is 0 Å². The Labute approximate surface area is 158 Å². The molecule has 2 rings (SSSR count). The molecular formula is C19H21N3O4S. The number of esters is 1. The van der Waals surface area contributed by atoms with Gasteiger partial charge in [-0.05, 0) is 48.5 Å². The molecule has 0 atom stereocenters. The lowest BCUT2D eigenvalue weighted by molar-refractivity contribution is -0.137. The minimum absolute atomic E-state index is 0.131. The van der Waals surface area contributed by atoms with Crippen LogP contribution in [0.25, 0.3) is 0 Å². The second kappa shape index (κ2) is 9.09. The number of rotatable bonds is 8. The molecule has 7 nitrogen and oxygen atoms in total. The van der Waals surface area contributed by atoms with Crippen LogP contribution in [-0.2, 0) is 19.4 Å². The lowest BCUT2D eigenvalue weighted by atomic mass is 10.3. The first-order chi connectivity index (χ1) is 12.8. The van der Waals surface area contributed by atoms with E-state index in [0.717, 1.165) is 11.8 Å². The van der Waals surface area contributed by atoms with Gasteiger partial charge in [0.2, 0.25) is 0 Å². The fraction of sp³-hybridized carbons (Fsp3) is 0.211. The van der Waals surface area contributed by atoms with E-state index in [-0.39, 0.29) is 17.3 Å². The van der Waals surface area contributed by atoms with Gasteiger partial charge in [0.15, 0.2) is 9.84 Å². The summed E-state index contributed by atoms with van der Waals surface area (Å²) < 4.78 is 29.1. The Balaban J connectivity index is 2.01. The number of hydrogen-bond donors (Lipinski definition) is 0. The Morgan fingerprint density at radius 3 is 2.04 bits per heavy atom. The molecule has 8 heteroatoms. The third-order valence-corrected chi connectivity index (χ3v) is 5.30. The van der Waals surface area contributed by atoms with Gasteiger partial charge in [0, 0.05) is 25.9 Å². The maximum Gasteiger partial charge on any atom is 0.330 e. The Morgan fingerprint density at radius 2 is 1.56 bits per heavy atom. The van der Waals surface area contributed by atoms with Crippen molar-refractivity contribution in [2.45, 2.75) is 4.90 Å². The predicted molar refractivity (Wildman–Crippen MR) is 105 cm³/mol. The first-order valence-corrected chi connectivity index (χ1v) is 9.78. The van der Waals surface area contributed by atoms with E-state index in [9.17, 15) is 13.2 Å². The molecule has 0 amide bonds. The standard InChI is InChI=1S/C19H21N3O4S/c1-4-19(23)26-13-14-27(24,25)18-11-7-16(8-12-18)21-20-15-5-9-17(10-6-15)22(2)3/h4-12H,1,13-14H2,2-3H3/b21-20+. The molecule has 0 bridgehead atoms. The number of sulfone groups is 1. The summed E-state index contributed by atoms with van der Waals surface area (Å²) in [5, 5.41) is 8.24. The zero-order valence-electron chi connectivity index (χ0n) is 15.2. The number of anilines is 1. The molecule has 0 aliphatic carbocycles. The van der Waals surface area contributed by atoms with Crippen LogP contribution in [-0.4, -0.2) is 40.8 Å². The number of nitrogens with zero attached hydrogens (tertiary/aromatic N) is 3. The Morgan fingerprint density at radius 1 is 1.04 bits per heavy atom. The Bertz CT molecular complexity index is 918. The average molecular weight is 387 g/mol. The molecule has 0 N–H and O–H groups in total. The summed E-state index contributed by atoms with van der Waals surface area (Å²) in [4.78, 5) is 13.1. The largest absolute Gasteiger partial charge is 0.461 e. The molecule has 0 unspecified atom stereocenters. The van der Waals surface area contributed by atoms with Gasteiger partial charge in [-0.2, -0.15) is 10.2 Å². The lowest BCUT2D eigenvalue weighted by Gasteiger charge is -2.11. The van der Waals surface area contributed by atoms with Gasteiger partial charge >= 0.3 is 5.97 Å². The maximum absolute atomic E-state index is 12.2. The van der Waals surface area contributed by atoms with E-state index in [4.69, 9.17) is 4.74 Å². The molecule has 0 aromatic heterocycles. The molecule has 142 valence electrons. The van der Waals surface area contributed by atoms with Crippen LogP contribution in [0.4, 0.5) is 17.1 Å². The van der Waals surface area contributed by atoms with E-state index < -0.39 is 15.8 Å². The zero-order valence-corrected chi connectivity index (χ0v) is 16.0. The van der Waals surface area contributed by atoms with Crippen molar-refractivity contribution in [1.29, 1.82) is 0 Å². The number of benzene rings is 2. The molecule has 0 aliphatic heterocycles. The summed E-state index contributed by atoms with van der Waals surface area (Å²) in [6.07, 6.45) is 0.987. The average Bonchev–Trinajstić information content (AvgIpc) is 2.66. The summed E-state index contributed by atoms with van der Waals surface area (Å²) in [7, 11) is 0.358. The molecule has 0 radical (unpaired) electrons. The number of carbonyl (C=O) groups excluding carboxylic acids is 1. The zero-order chi connectivity index (χ0) is 19.9. The third-order valence-electron chi connectivity index (χ3n) is 3.61. The SMILES string of the molecule is C=CC(=O)OCCS(=O)(=O)c1ccc(/N=N/c2ccc(N(C)C)cc2)cc1. The molecule has 0 saturated heterocycles. The highest BCUT2D eigenvalue weighted by Gasteiger charge is 2.15. The van der Waals surface area contributed by atoms with Crippen molar-refractivity contribution >= 4 is 32.9 Å². The molecule has 2 aromatic rings. The van der Waals surface area contributed by atoms with E-state index in [1.54, 1.807) is 12.1 Å². The fourth-order valence-electron chi connectivity index (χ4n) is 2.08. The van der Waals surface area contributed by atoms with Gasteiger partial charge in [-0.1, -0.05) is 6.58 Å². The van der Waals surface area contributed by atoms with Crippen molar-refractivity contribution in [3.8, 4) is 0 Å². The molecule has 0 heterocycles. The van der Waals surface area contributed by atoms with E-state index in [1.807, 2.05) is 43.3 Å². The van der Waals surface area contributed by atoms with Crippen LogP contribution < -0.4 is 4.90 Å². The lowest BCUT2D eigenvalue weighted by Crippen LogP contribution is -2.14. The molecule has 2 aromatic carbocycles. The second-order valence-corrected chi connectivity index (χ2v) is 7.90. The fourth-order valence-corrected chi connectivity index (χ4v) is 3.17. The molecule has 27 heavy (non-hydrogen) atoms. The van der Waals surface area contributed by atoms with Crippen molar-refractivity contribution in [3.05, 3.63) is 61.2 Å². The number of hydrogen-bond acceptors (Lipinski definition) is 7. The van der Waals surface area contributed by atoms with Gasteiger partial charge in [0.1, 0.15) is 6.61 Å². The normalized spacial score (nSPS) is 11.3. The van der Waals surface area contributed by atoms with E-state index >= 15 is 0 Å². The minimum atomic E-state index is -3.55. The number of azo groups is 1. The summed E-state index contributed by atoms with van der Waals surface area (Å²) in [5.41, 5.74) is 2.28. The van der Waals surface area contributed by atoms with Crippen molar-refractivity contribution in [2.75, 3.05) is 31.4 Å². The van der Waals surface area contributed by atoms with Crippen LogP contribution in [0.15, 0.2) is 76.3 Å². The Kier molecular flexibility index (Phi) is 6.84. The van der Waals surface area contributed by atoms with Crippen molar-refractivity contribution in [3.63, 3.8) is 0 Å². The van der Waals surface area contributed by atoms with Crippen LogP contribution in [0, 0.1) is 0 Å². The van der Waals surface area contributed by atoms with Crippen molar-refractivity contribution in [2.24, 2.45) is 10.2 Å². The molecular weight excluding hydrogens is 366 g/mol. The molecule has 0 saturated carbocycles. The molecule has 0 fully saturated rings. The maximum atomic E-state index is 12.2. The van der Waals surface area contributed by atoms with Gasteiger partial charge in [-0.15, -0.1) is 0 Å². The van der Waals surface area contributed by atoms with Gasteiger partial charge in [0.25, 0.3) is 0 Å². The number of carbonyl (C=O) groups is 1. The van der Waals surface area contributed by atoms with Crippen molar-refractivity contribution < 1.29 is 17.9 Å². The van der Waals surface area contributed by atoms with Gasteiger partial charge in [-0.25, -0.2) is 13.2 Å². The summed E-state index contributed by atoms with van der Waals surface area (Å²) in [6, 6.07) is 13.6. The monoisotopic (exact) mass is 387 g/mol. The highest BCUT2D eigenvalue weighted by atomic mass is 32.2. The summed E-state index contributed by atoms with van der Waals surface area (Å²) >= 11 is 0. The van der Waals surface area contributed by atoms with Crippen LogP contribution >= 0.6 is 0 Å². The summed E-state index contributed by atoms with van der Waals surface area (Å²) in [5.74, 6) is -0.953.